The number of carboxylic acid groups (broad SMARTS) is 1. The first-order valence-corrected chi connectivity index (χ1v) is 5.76. The molecule has 0 radical (unpaired) electrons. The lowest BCUT2D eigenvalue weighted by molar-refractivity contribution is 0.0690. The molecule has 0 unspecified atom stereocenters. The van der Waals surface area contributed by atoms with Crippen molar-refractivity contribution in [1.82, 2.24) is 15.0 Å². The average molecular weight is 285 g/mol. The van der Waals surface area contributed by atoms with Crippen LogP contribution in [0.2, 0.25) is 5.02 Å². The summed E-state index contributed by atoms with van der Waals surface area (Å²) in [6.45, 7) is 0.902. The Hall–Kier alpha value is -2.15. The van der Waals surface area contributed by atoms with Crippen molar-refractivity contribution in [3.05, 3.63) is 40.9 Å². The fourth-order valence-corrected chi connectivity index (χ4v) is 1.61. The maximum Gasteiger partial charge on any atom is 0.358 e. The lowest BCUT2D eigenvalue weighted by atomic mass is 10.3. The van der Waals surface area contributed by atoms with E-state index >= 15 is 0 Å². The molecular formula is C11H10ClFN4O2. The number of nitrogens with one attached hydrogen (secondary N) is 1. The largest absolute Gasteiger partial charge is 0.476 e. The number of hydrogen-bond donors (Lipinski definition) is 2. The van der Waals surface area contributed by atoms with Gasteiger partial charge in [0.15, 0.2) is 5.69 Å². The molecular weight excluding hydrogens is 275 g/mol. The number of halogens is 2. The molecule has 2 rings (SSSR count). The number of carboxylic acids is 1. The van der Waals surface area contributed by atoms with Crippen LogP contribution in [0.1, 0.15) is 10.5 Å². The van der Waals surface area contributed by atoms with Crippen molar-refractivity contribution in [3.8, 4) is 0 Å². The van der Waals surface area contributed by atoms with E-state index in [-0.39, 0.29) is 10.7 Å². The summed E-state index contributed by atoms with van der Waals surface area (Å²) in [6.07, 6.45) is 1.33. The molecule has 0 fully saturated rings. The molecule has 0 aliphatic rings. The summed E-state index contributed by atoms with van der Waals surface area (Å²) in [5.41, 5.74) is 0.565. The molecule has 0 amide bonds. The highest BCUT2D eigenvalue weighted by Gasteiger charge is 2.07. The standard InChI is InChI=1S/C11H10ClFN4O2/c12-8-5-7(1-2-9(8)13)14-3-4-17-6-10(11(18)19)15-16-17/h1-2,5-6,14H,3-4H2,(H,18,19). The van der Waals surface area contributed by atoms with Gasteiger partial charge in [-0.15, -0.1) is 5.10 Å². The molecule has 0 bridgehead atoms. The molecule has 0 aliphatic carbocycles. The van der Waals surface area contributed by atoms with Gasteiger partial charge in [-0.2, -0.15) is 0 Å². The first-order chi connectivity index (χ1) is 9.06. The molecule has 1 heterocycles. The molecule has 0 aliphatic heterocycles. The molecule has 0 spiro atoms. The average Bonchev–Trinajstić information content (AvgIpc) is 2.83. The van der Waals surface area contributed by atoms with Crippen molar-refractivity contribution in [1.29, 1.82) is 0 Å². The van der Waals surface area contributed by atoms with E-state index in [4.69, 9.17) is 16.7 Å². The number of hydrogen-bond acceptors (Lipinski definition) is 4. The smallest absolute Gasteiger partial charge is 0.358 e. The van der Waals surface area contributed by atoms with Gasteiger partial charge < -0.3 is 10.4 Å². The summed E-state index contributed by atoms with van der Waals surface area (Å²) < 4.78 is 14.3. The summed E-state index contributed by atoms with van der Waals surface area (Å²) in [4.78, 5) is 10.6. The van der Waals surface area contributed by atoms with E-state index in [2.05, 4.69) is 15.6 Å². The SMILES string of the molecule is O=C(O)c1cn(CCNc2ccc(F)c(Cl)c2)nn1. The quantitative estimate of drug-likeness (QED) is 0.876. The molecule has 1 aromatic carbocycles. The van der Waals surface area contributed by atoms with Crippen molar-refractivity contribution >= 4 is 23.3 Å². The van der Waals surface area contributed by atoms with Crippen LogP contribution in [0, 0.1) is 5.82 Å². The Labute approximate surface area is 112 Å². The van der Waals surface area contributed by atoms with E-state index in [1.165, 1.54) is 23.0 Å². The number of aromatic nitrogens is 3. The monoisotopic (exact) mass is 284 g/mol. The Balaban J connectivity index is 1.88. The molecule has 1 aromatic heterocycles. The number of benzene rings is 1. The second-order valence-electron chi connectivity index (χ2n) is 3.73. The molecule has 2 aromatic rings. The summed E-state index contributed by atoms with van der Waals surface area (Å²) >= 11 is 5.64. The number of aromatic carboxylic acids is 1. The third-order valence-electron chi connectivity index (χ3n) is 2.35. The number of carbonyl (C=O) groups is 1. The van der Waals surface area contributed by atoms with Crippen LogP contribution in [0.5, 0.6) is 0 Å². The summed E-state index contributed by atoms with van der Waals surface area (Å²) in [5.74, 6) is -1.60. The van der Waals surface area contributed by atoms with Gasteiger partial charge in [-0.1, -0.05) is 16.8 Å². The first kappa shape index (κ1) is 13.3. The van der Waals surface area contributed by atoms with Crippen LogP contribution in [0.25, 0.3) is 0 Å². The Morgan fingerprint density at radius 3 is 2.95 bits per heavy atom. The van der Waals surface area contributed by atoms with Crippen LogP contribution in [0.4, 0.5) is 10.1 Å². The van der Waals surface area contributed by atoms with Gasteiger partial charge in [0.25, 0.3) is 0 Å². The topological polar surface area (TPSA) is 80.0 Å². The van der Waals surface area contributed by atoms with E-state index in [0.717, 1.165) is 0 Å². The fraction of sp³-hybridized carbons (Fsp3) is 0.182. The zero-order valence-corrected chi connectivity index (χ0v) is 10.4. The third-order valence-corrected chi connectivity index (χ3v) is 2.64. The lowest BCUT2D eigenvalue weighted by Crippen LogP contribution is -2.11. The Morgan fingerprint density at radius 2 is 2.32 bits per heavy atom. The van der Waals surface area contributed by atoms with E-state index < -0.39 is 11.8 Å². The minimum atomic E-state index is -1.12. The maximum atomic E-state index is 12.9. The van der Waals surface area contributed by atoms with Crippen LogP contribution in [0.3, 0.4) is 0 Å². The van der Waals surface area contributed by atoms with Crippen molar-refractivity contribution in [2.75, 3.05) is 11.9 Å². The normalized spacial score (nSPS) is 10.4. The zero-order valence-electron chi connectivity index (χ0n) is 9.68. The van der Waals surface area contributed by atoms with Gasteiger partial charge in [0.2, 0.25) is 0 Å². The highest BCUT2D eigenvalue weighted by Crippen LogP contribution is 2.18. The van der Waals surface area contributed by atoms with Gasteiger partial charge in [0.1, 0.15) is 5.82 Å². The molecule has 0 saturated heterocycles. The zero-order chi connectivity index (χ0) is 13.8. The van der Waals surface area contributed by atoms with Gasteiger partial charge in [-0.3, -0.25) is 0 Å². The van der Waals surface area contributed by atoms with Crippen molar-refractivity contribution in [2.45, 2.75) is 6.54 Å². The van der Waals surface area contributed by atoms with Crippen LogP contribution >= 0.6 is 11.6 Å². The van der Waals surface area contributed by atoms with E-state index in [0.29, 0.717) is 18.8 Å². The van der Waals surface area contributed by atoms with Crippen LogP contribution in [0.15, 0.2) is 24.4 Å². The Kier molecular flexibility index (Phi) is 3.96. The Morgan fingerprint density at radius 1 is 1.53 bits per heavy atom. The first-order valence-electron chi connectivity index (χ1n) is 5.38. The minimum absolute atomic E-state index is 0.0407. The molecule has 6 nitrogen and oxygen atoms in total. The molecule has 8 heteroatoms. The lowest BCUT2D eigenvalue weighted by Gasteiger charge is -2.06. The van der Waals surface area contributed by atoms with E-state index in [1.54, 1.807) is 6.07 Å². The molecule has 2 N–H and O–H groups in total. The summed E-state index contributed by atoms with van der Waals surface area (Å²) in [7, 11) is 0. The highest BCUT2D eigenvalue weighted by atomic mass is 35.5. The van der Waals surface area contributed by atoms with Crippen LogP contribution in [-0.4, -0.2) is 32.6 Å². The second kappa shape index (κ2) is 5.66. The van der Waals surface area contributed by atoms with Gasteiger partial charge >= 0.3 is 5.97 Å². The number of anilines is 1. The van der Waals surface area contributed by atoms with Gasteiger partial charge in [0.05, 0.1) is 17.8 Å². The van der Waals surface area contributed by atoms with Crippen molar-refractivity contribution in [3.63, 3.8) is 0 Å². The highest BCUT2D eigenvalue weighted by molar-refractivity contribution is 6.31. The van der Waals surface area contributed by atoms with Crippen molar-refractivity contribution < 1.29 is 14.3 Å². The predicted octanol–water partition coefficient (Wildman–Crippen LogP) is 1.88. The second-order valence-corrected chi connectivity index (χ2v) is 4.13. The molecule has 19 heavy (non-hydrogen) atoms. The number of rotatable bonds is 5. The minimum Gasteiger partial charge on any atom is -0.476 e. The third kappa shape index (κ3) is 3.41. The predicted molar refractivity (Wildman–Crippen MR) is 66.9 cm³/mol. The summed E-state index contributed by atoms with van der Waals surface area (Å²) in [6, 6.07) is 4.30. The number of nitrogens with zero attached hydrogens (tertiary/aromatic N) is 3. The van der Waals surface area contributed by atoms with E-state index in [9.17, 15) is 9.18 Å². The summed E-state index contributed by atoms with van der Waals surface area (Å²) in [5, 5.41) is 18.9. The van der Waals surface area contributed by atoms with Crippen LogP contribution < -0.4 is 5.32 Å². The molecule has 0 saturated carbocycles. The van der Waals surface area contributed by atoms with E-state index in [1.807, 2.05) is 0 Å². The molecule has 0 atom stereocenters. The van der Waals surface area contributed by atoms with Crippen molar-refractivity contribution in [2.24, 2.45) is 0 Å². The molecule has 100 valence electrons. The fourth-order valence-electron chi connectivity index (χ4n) is 1.43. The van der Waals surface area contributed by atoms with Gasteiger partial charge in [-0.05, 0) is 18.2 Å². The Bertz CT molecular complexity index is 602. The van der Waals surface area contributed by atoms with Crippen LogP contribution in [-0.2, 0) is 6.54 Å². The van der Waals surface area contributed by atoms with Gasteiger partial charge in [0, 0.05) is 12.2 Å². The van der Waals surface area contributed by atoms with Gasteiger partial charge in [-0.25, -0.2) is 13.9 Å². The maximum absolute atomic E-state index is 12.9.